The zero-order chi connectivity index (χ0) is 21.8. The van der Waals surface area contributed by atoms with Gasteiger partial charge in [0.15, 0.2) is 5.96 Å². The lowest BCUT2D eigenvalue weighted by Gasteiger charge is -2.16. The van der Waals surface area contributed by atoms with Crippen LogP contribution in [0.15, 0.2) is 47.5 Å². The standard InChI is InChI=1S/C23H32FN3O3/c1-4-25-23(27-16-21(28)18-8-10-20(24)11-9-18)26-15-19-7-6-17(3)14-22(19)30-13-12-29-5-2/h6-11,14,21,28H,4-5,12-13,15-16H2,1-3H3,(H2,25,26,27). The summed E-state index contributed by atoms with van der Waals surface area (Å²) in [6.45, 7) is 8.99. The molecule has 0 aliphatic heterocycles. The minimum atomic E-state index is -0.772. The maximum absolute atomic E-state index is 13.1. The molecule has 2 aromatic carbocycles. The Labute approximate surface area is 178 Å². The third kappa shape index (κ3) is 8.00. The van der Waals surface area contributed by atoms with E-state index in [0.29, 0.717) is 44.4 Å². The van der Waals surface area contributed by atoms with Crippen molar-refractivity contribution in [2.75, 3.05) is 32.9 Å². The van der Waals surface area contributed by atoms with Crippen LogP contribution >= 0.6 is 0 Å². The van der Waals surface area contributed by atoms with Gasteiger partial charge >= 0.3 is 0 Å². The first kappa shape index (κ1) is 23.6. The van der Waals surface area contributed by atoms with Gasteiger partial charge in [0.2, 0.25) is 0 Å². The Hall–Kier alpha value is -2.64. The first-order chi connectivity index (χ1) is 14.5. The topological polar surface area (TPSA) is 75.1 Å². The van der Waals surface area contributed by atoms with Gasteiger partial charge in [0.05, 0.1) is 19.3 Å². The molecule has 3 N–H and O–H groups in total. The van der Waals surface area contributed by atoms with Crippen LogP contribution < -0.4 is 15.4 Å². The maximum Gasteiger partial charge on any atom is 0.191 e. The monoisotopic (exact) mass is 417 g/mol. The van der Waals surface area contributed by atoms with Crippen LogP contribution in [0.25, 0.3) is 0 Å². The highest BCUT2D eigenvalue weighted by Crippen LogP contribution is 2.21. The van der Waals surface area contributed by atoms with Gasteiger partial charge in [-0.05, 0) is 50.1 Å². The van der Waals surface area contributed by atoms with Crippen LogP contribution in [-0.2, 0) is 11.3 Å². The van der Waals surface area contributed by atoms with E-state index in [-0.39, 0.29) is 12.4 Å². The molecule has 0 radical (unpaired) electrons. The molecular formula is C23H32FN3O3. The van der Waals surface area contributed by atoms with Crippen LogP contribution in [-0.4, -0.2) is 44.0 Å². The SMILES string of the molecule is CCNC(=NCc1ccc(C)cc1OCCOCC)NCC(O)c1ccc(F)cc1. The number of ether oxygens (including phenoxy) is 2. The van der Waals surface area contributed by atoms with E-state index in [4.69, 9.17) is 9.47 Å². The molecule has 0 saturated carbocycles. The van der Waals surface area contributed by atoms with Crippen LogP contribution in [0, 0.1) is 12.7 Å². The van der Waals surface area contributed by atoms with Gasteiger partial charge in [-0.25, -0.2) is 9.38 Å². The van der Waals surface area contributed by atoms with Gasteiger partial charge in [-0.1, -0.05) is 24.3 Å². The lowest BCUT2D eigenvalue weighted by molar-refractivity contribution is 0.110. The van der Waals surface area contributed by atoms with Crippen molar-refractivity contribution < 1.29 is 19.0 Å². The van der Waals surface area contributed by atoms with Crippen molar-refractivity contribution in [1.29, 1.82) is 0 Å². The Morgan fingerprint density at radius 3 is 2.57 bits per heavy atom. The van der Waals surface area contributed by atoms with Crippen molar-refractivity contribution in [2.45, 2.75) is 33.4 Å². The van der Waals surface area contributed by atoms with E-state index in [1.54, 1.807) is 12.1 Å². The number of aliphatic hydroxyl groups is 1. The molecule has 0 amide bonds. The molecule has 30 heavy (non-hydrogen) atoms. The molecule has 0 aliphatic rings. The second kappa shape index (κ2) is 12.8. The van der Waals surface area contributed by atoms with Gasteiger partial charge < -0.3 is 25.2 Å². The molecular weight excluding hydrogens is 385 g/mol. The first-order valence-electron chi connectivity index (χ1n) is 10.3. The number of halogens is 1. The van der Waals surface area contributed by atoms with Crippen LogP contribution in [0.3, 0.4) is 0 Å². The largest absolute Gasteiger partial charge is 0.491 e. The van der Waals surface area contributed by atoms with Crippen molar-refractivity contribution in [2.24, 2.45) is 4.99 Å². The molecule has 0 saturated heterocycles. The quantitative estimate of drug-likeness (QED) is 0.297. The summed E-state index contributed by atoms with van der Waals surface area (Å²) >= 11 is 0. The number of hydrogen-bond acceptors (Lipinski definition) is 4. The molecule has 0 bridgehead atoms. The molecule has 7 heteroatoms. The number of hydrogen-bond donors (Lipinski definition) is 3. The smallest absolute Gasteiger partial charge is 0.191 e. The number of aliphatic imine (C=N–C) groups is 1. The van der Waals surface area contributed by atoms with Gasteiger partial charge in [-0.15, -0.1) is 0 Å². The average Bonchev–Trinajstić information content (AvgIpc) is 2.74. The second-order valence-corrected chi connectivity index (χ2v) is 6.80. The number of nitrogens with zero attached hydrogens (tertiary/aromatic N) is 1. The van der Waals surface area contributed by atoms with E-state index in [9.17, 15) is 9.50 Å². The minimum Gasteiger partial charge on any atom is -0.491 e. The molecule has 164 valence electrons. The van der Waals surface area contributed by atoms with E-state index in [2.05, 4.69) is 15.6 Å². The van der Waals surface area contributed by atoms with E-state index in [0.717, 1.165) is 16.9 Å². The number of aliphatic hydroxyl groups excluding tert-OH is 1. The molecule has 0 aromatic heterocycles. The summed E-state index contributed by atoms with van der Waals surface area (Å²) in [7, 11) is 0. The predicted octanol–water partition coefficient (Wildman–Crippen LogP) is 3.34. The average molecular weight is 418 g/mol. The summed E-state index contributed by atoms with van der Waals surface area (Å²) in [5.41, 5.74) is 2.72. The molecule has 0 spiro atoms. The van der Waals surface area contributed by atoms with Crippen molar-refractivity contribution in [3.63, 3.8) is 0 Å². The van der Waals surface area contributed by atoms with E-state index in [1.165, 1.54) is 12.1 Å². The van der Waals surface area contributed by atoms with Gasteiger partial charge in [-0.2, -0.15) is 0 Å². The highest BCUT2D eigenvalue weighted by molar-refractivity contribution is 5.79. The van der Waals surface area contributed by atoms with Gasteiger partial charge in [0.1, 0.15) is 18.2 Å². The summed E-state index contributed by atoms with van der Waals surface area (Å²) in [5, 5.41) is 16.6. The number of aryl methyl sites for hydroxylation is 1. The van der Waals surface area contributed by atoms with E-state index >= 15 is 0 Å². The third-order valence-electron chi connectivity index (χ3n) is 4.38. The number of guanidine groups is 1. The van der Waals surface area contributed by atoms with Crippen molar-refractivity contribution in [3.05, 3.63) is 65.0 Å². The Balaban J connectivity index is 2.00. The fourth-order valence-corrected chi connectivity index (χ4v) is 2.78. The summed E-state index contributed by atoms with van der Waals surface area (Å²) in [4.78, 5) is 4.61. The van der Waals surface area contributed by atoms with Gasteiger partial charge in [0, 0.05) is 25.3 Å². The minimum absolute atomic E-state index is 0.253. The number of nitrogens with one attached hydrogen (secondary N) is 2. The number of benzene rings is 2. The van der Waals surface area contributed by atoms with Crippen molar-refractivity contribution >= 4 is 5.96 Å². The highest BCUT2D eigenvalue weighted by Gasteiger charge is 2.09. The van der Waals surface area contributed by atoms with Gasteiger partial charge in [-0.3, -0.25) is 0 Å². The molecule has 1 atom stereocenters. The van der Waals surface area contributed by atoms with E-state index in [1.807, 2.05) is 39.0 Å². The van der Waals surface area contributed by atoms with Crippen molar-refractivity contribution in [1.82, 2.24) is 10.6 Å². The maximum atomic E-state index is 13.1. The van der Waals surface area contributed by atoms with Crippen LogP contribution in [0.1, 0.15) is 36.6 Å². The molecule has 2 rings (SSSR count). The Bertz CT molecular complexity index is 797. The van der Waals surface area contributed by atoms with E-state index < -0.39 is 6.10 Å². The first-order valence-corrected chi connectivity index (χ1v) is 10.3. The summed E-state index contributed by atoms with van der Waals surface area (Å²) in [6.07, 6.45) is -0.772. The Morgan fingerprint density at radius 2 is 1.87 bits per heavy atom. The molecule has 0 aliphatic carbocycles. The molecule has 0 fully saturated rings. The van der Waals surface area contributed by atoms with Crippen LogP contribution in [0.5, 0.6) is 5.75 Å². The second-order valence-electron chi connectivity index (χ2n) is 6.80. The zero-order valence-electron chi connectivity index (χ0n) is 18.0. The lowest BCUT2D eigenvalue weighted by Crippen LogP contribution is -2.39. The highest BCUT2D eigenvalue weighted by atomic mass is 19.1. The number of rotatable bonds is 11. The Morgan fingerprint density at radius 1 is 1.10 bits per heavy atom. The van der Waals surface area contributed by atoms with Crippen LogP contribution in [0.2, 0.25) is 0 Å². The van der Waals surface area contributed by atoms with Crippen molar-refractivity contribution in [3.8, 4) is 5.75 Å². The summed E-state index contributed by atoms with van der Waals surface area (Å²) in [6, 6.07) is 11.8. The fourth-order valence-electron chi connectivity index (χ4n) is 2.78. The normalized spacial score (nSPS) is 12.5. The Kier molecular flexibility index (Phi) is 10.1. The zero-order valence-corrected chi connectivity index (χ0v) is 18.0. The van der Waals surface area contributed by atoms with Gasteiger partial charge in [0.25, 0.3) is 0 Å². The fraction of sp³-hybridized carbons (Fsp3) is 0.435. The molecule has 2 aromatic rings. The van der Waals surface area contributed by atoms with Crippen LogP contribution in [0.4, 0.5) is 4.39 Å². The molecule has 6 nitrogen and oxygen atoms in total. The predicted molar refractivity (Wildman–Crippen MR) is 117 cm³/mol. The summed E-state index contributed by atoms with van der Waals surface area (Å²) in [5.74, 6) is 1.05. The third-order valence-corrected chi connectivity index (χ3v) is 4.38. The summed E-state index contributed by atoms with van der Waals surface area (Å²) < 4.78 is 24.3. The molecule has 1 unspecified atom stereocenters. The lowest BCUT2D eigenvalue weighted by atomic mass is 10.1. The molecule has 0 heterocycles.